The first-order valence-corrected chi connectivity index (χ1v) is 7.27. The predicted octanol–water partition coefficient (Wildman–Crippen LogP) is 2.68. The first-order chi connectivity index (χ1) is 12.0. The van der Waals surface area contributed by atoms with Crippen molar-refractivity contribution in [1.29, 1.82) is 0 Å². The van der Waals surface area contributed by atoms with Gasteiger partial charge in [0.2, 0.25) is 5.78 Å². The number of nitrogens with one attached hydrogen (secondary N) is 1. The molecule has 0 aliphatic heterocycles. The van der Waals surface area contributed by atoms with Crippen molar-refractivity contribution in [3.63, 3.8) is 0 Å². The number of hydrogen-bond donors (Lipinski definition) is 1. The first-order valence-electron chi connectivity index (χ1n) is 7.27. The van der Waals surface area contributed by atoms with Crippen LogP contribution in [0.5, 0.6) is 5.75 Å². The summed E-state index contributed by atoms with van der Waals surface area (Å²) in [4.78, 5) is 34.7. The van der Waals surface area contributed by atoms with Crippen LogP contribution in [-0.4, -0.2) is 37.4 Å². The Morgan fingerprint density at radius 2 is 1.88 bits per heavy atom. The molecular weight excluding hydrogens is 328 g/mol. The topological polar surface area (TPSA) is 108 Å². The van der Waals surface area contributed by atoms with E-state index in [2.05, 4.69) is 5.32 Å². The summed E-state index contributed by atoms with van der Waals surface area (Å²) in [5.74, 6) is -0.909. The number of methoxy groups -OCH3 is 1. The van der Waals surface area contributed by atoms with Crippen LogP contribution < -0.4 is 10.1 Å². The number of nitrogens with zero attached hydrogens (tertiary/aromatic N) is 1. The average Bonchev–Trinajstić information content (AvgIpc) is 2.64. The molecule has 2 aromatic rings. The molecule has 25 heavy (non-hydrogen) atoms. The van der Waals surface area contributed by atoms with E-state index in [1.165, 1.54) is 19.2 Å². The first kappa shape index (κ1) is 17.9. The van der Waals surface area contributed by atoms with Gasteiger partial charge >= 0.3 is 5.97 Å². The average molecular weight is 344 g/mol. The van der Waals surface area contributed by atoms with Gasteiger partial charge in [-0.05, 0) is 18.2 Å². The van der Waals surface area contributed by atoms with Crippen molar-refractivity contribution in [2.24, 2.45) is 0 Å². The van der Waals surface area contributed by atoms with Gasteiger partial charge in [-0.1, -0.05) is 12.1 Å². The Balaban J connectivity index is 2.16. The van der Waals surface area contributed by atoms with Crippen LogP contribution in [0.2, 0.25) is 0 Å². The molecule has 130 valence electrons. The minimum Gasteiger partial charge on any atom is -0.496 e. The molecular formula is C17H16N2O6. The van der Waals surface area contributed by atoms with E-state index in [1.54, 1.807) is 31.3 Å². The number of carbonyl (C=O) groups is 2. The molecule has 0 aliphatic rings. The number of non-ortho nitro benzene ring substituents is 1. The lowest BCUT2D eigenvalue weighted by Gasteiger charge is -2.10. The maximum Gasteiger partial charge on any atom is 0.340 e. The number of rotatable bonds is 7. The SMILES string of the molecule is CNc1ccc([N+](=O)[O-])cc1C(=O)OCC(=O)c1ccccc1OC. The molecule has 2 aromatic carbocycles. The maximum atomic E-state index is 12.2. The Bertz CT molecular complexity index is 819. The minimum absolute atomic E-state index is 0.0236. The van der Waals surface area contributed by atoms with Crippen LogP contribution >= 0.6 is 0 Å². The zero-order chi connectivity index (χ0) is 18.4. The molecule has 0 heterocycles. The van der Waals surface area contributed by atoms with E-state index in [9.17, 15) is 19.7 Å². The largest absolute Gasteiger partial charge is 0.496 e. The number of anilines is 1. The molecule has 1 N–H and O–H groups in total. The summed E-state index contributed by atoms with van der Waals surface area (Å²) in [6.45, 7) is -0.509. The maximum absolute atomic E-state index is 12.2. The Hall–Kier alpha value is -3.42. The van der Waals surface area contributed by atoms with E-state index in [0.29, 0.717) is 11.4 Å². The Labute approximate surface area is 143 Å². The fraction of sp³-hybridized carbons (Fsp3) is 0.176. The predicted molar refractivity (Wildman–Crippen MR) is 90.3 cm³/mol. The normalized spacial score (nSPS) is 10.0. The van der Waals surface area contributed by atoms with E-state index in [4.69, 9.17) is 9.47 Å². The second-order valence-electron chi connectivity index (χ2n) is 4.94. The van der Waals surface area contributed by atoms with Gasteiger partial charge in [0.05, 0.1) is 23.2 Å². The minimum atomic E-state index is -0.837. The molecule has 0 saturated heterocycles. The van der Waals surface area contributed by atoms with Gasteiger partial charge in [-0.15, -0.1) is 0 Å². The van der Waals surface area contributed by atoms with Crippen molar-refractivity contribution in [3.8, 4) is 5.75 Å². The third-order valence-electron chi connectivity index (χ3n) is 3.44. The number of nitro benzene ring substituents is 1. The third-order valence-corrected chi connectivity index (χ3v) is 3.44. The van der Waals surface area contributed by atoms with Gasteiger partial charge in [-0.25, -0.2) is 4.79 Å². The summed E-state index contributed by atoms with van der Waals surface area (Å²) in [7, 11) is 3.00. The summed E-state index contributed by atoms with van der Waals surface area (Å²) >= 11 is 0. The molecule has 0 aromatic heterocycles. The van der Waals surface area contributed by atoms with Gasteiger partial charge in [0.15, 0.2) is 6.61 Å². The van der Waals surface area contributed by atoms with Gasteiger partial charge in [-0.2, -0.15) is 0 Å². The van der Waals surface area contributed by atoms with Crippen molar-refractivity contribution in [3.05, 3.63) is 63.7 Å². The highest BCUT2D eigenvalue weighted by molar-refractivity contribution is 6.02. The third kappa shape index (κ3) is 4.11. The van der Waals surface area contributed by atoms with Crippen LogP contribution in [0.25, 0.3) is 0 Å². The van der Waals surface area contributed by atoms with E-state index < -0.39 is 23.3 Å². The lowest BCUT2D eigenvalue weighted by atomic mass is 10.1. The van der Waals surface area contributed by atoms with Crippen LogP contribution in [0.1, 0.15) is 20.7 Å². The number of para-hydroxylation sites is 1. The monoisotopic (exact) mass is 344 g/mol. The van der Waals surface area contributed by atoms with Crippen molar-refractivity contribution >= 4 is 23.1 Å². The molecule has 0 radical (unpaired) electrons. The quantitative estimate of drug-likeness (QED) is 0.356. The van der Waals surface area contributed by atoms with Crippen LogP contribution in [0, 0.1) is 10.1 Å². The lowest BCUT2D eigenvalue weighted by molar-refractivity contribution is -0.384. The van der Waals surface area contributed by atoms with Gasteiger partial charge in [-0.3, -0.25) is 14.9 Å². The van der Waals surface area contributed by atoms with Crippen LogP contribution in [-0.2, 0) is 4.74 Å². The molecule has 0 unspecified atom stereocenters. The number of esters is 1. The Morgan fingerprint density at radius 1 is 1.16 bits per heavy atom. The molecule has 8 heteroatoms. The standard InChI is InChI=1S/C17H16N2O6/c1-18-14-8-7-11(19(22)23)9-13(14)17(21)25-10-15(20)12-5-3-4-6-16(12)24-2/h3-9,18H,10H2,1-2H3. The van der Waals surface area contributed by atoms with Crippen molar-refractivity contribution < 1.29 is 24.0 Å². The molecule has 2 rings (SSSR count). The second-order valence-corrected chi connectivity index (χ2v) is 4.94. The molecule has 0 spiro atoms. The smallest absolute Gasteiger partial charge is 0.340 e. The van der Waals surface area contributed by atoms with Crippen LogP contribution in [0.15, 0.2) is 42.5 Å². The highest BCUT2D eigenvalue weighted by Crippen LogP contribution is 2.23. The number of hydrogen-bond acceptors (Lipinski definition) is 7. The zero-order valence-electron chi connectivity index (χ0n) is 13.6. The number of ketones is 1. The second kappa shape index (κ2) is 7.91. The summed E-state index contributed by atoms with van der Waals surface area (Å²) in [6, 6.07) is 10.3. The van der Waals surface area contributed by atoms with Gasteiger partial charge in [0, 0.05) is 24.9 Å². The Kier molecular flexibility index (Phi) is 5.67. The van der Waals surface area contributed by atoms with E-state index in [1.807, 2.05) is 0 Å². The van der Waals surface area contributed by atoms with E-state index in [-0.39, 0.29) is 16.8 Å². The highest BCUT2D eigenvalue weighted by atomic mass is 16.6. The number of Topliss-reactive ketones (excluding diaryl/α,β-unsaturated/α-hetero) is 1. The number of benzene rings is 2. The van der Waals surface area contributed by atoms with Crippen LogP contribution in [0.4, 0.5) is 11.4 Å². The van der Waals surface area contributed by atoms with Crippen molar-refractivity contribution in [1.82, 2.24) is 0 Å². The summed E-state index contributed by atoms with van der Waals surface area (Å²) in [5.41, 5.74) is 0.373. The van der Waals surface area contributed by atoms with Crippen molar-refractivity contribution in [2.45, 2.75) is 0 Å². The van der Waals surface area contributed by atoms with Gasteiger partial charge < -0.3 is 14.8 Å². The zero-order valence-corrected chi connectivity index (χ0v) is 13.6. The number of nitro groups is 1. The van der Waals surface area contributed by atoms with Crippen LogP contribution in [0.3, 0.4) is 0 Å². The molecule has 0 fully saturated rings. The number of ether oxygens (including phenoxy) is 2. The molecule has 8 nitrogen and oxygen atoms in total. The molecule has 0 amide bonds. The lowest BCUT2D eigenvalue weighted by Crippen LogP contribution is -2.16. The fourth-order valence-corrected chi connectivity index (χ4v) is 2.19. The molecule has 0 bridgehead atoms. The summed E-state index contributed by atoms with van der Waals surface area (Å²) in [5, 5.41) is 13.6. The fourth-order valence-electron chi connectivity index (χ4n) is 2.19. The molecule has 0 saturated carbocycles. The highest BCUT2D eigenvalue weighted by Gasteiger charge is 2.20. The van der Waals surface area contributed by atoms with Crippen molar-refractivity contribution in [2.75, 3.05) is 26.1 Å². The summed E-state index contributed by atoms with van der Waals surface area (Å²) < 4.78 is 10.1. The Morgan fingerprint density at radius 3 is 2.52 bits per heavy atom. The van der Waals surface area contributed by atoms with Gasteiger partial charge in [0.1, 0.15) is 5.75 Å². The number of carbonyl (C=O) groups excluding carboxylic acids is 2. The van der Waals surface area contributed by atoms with E-state index in [0.717, 1.165) is 6.07 Å². The molecule has 0 atom stereocenters. The summed E-state index contributed by atoms with van der Waals surface area (Å²) in [6.07, 6.45) is 0. The van der Waals surface area contributed by atoms with E-state index >= 15 is 0 Å². The van der Waals surface area contributed by atoms with Gasteiger partial charge in [0.25, 0.3) is 5.69 Å². The molecule has 0 aliphatic carbocycles.